The fourth-order valence-electron chi connectivity index (χ4n) is 2.15. The summed E-state index contributed by atoms with van der Waals surface area (Å²) in [5, 5.41) is 19.4. The number of carbonyl (C=O) groups excluding carboxylic acids is 2. The zero-order valence-corrected chi connectivity index (χ0v) is 13.4. The summed E-state index contributed by atoms with van der Waals surface area (Å²) in [5.41, 5.74) is 0.173. The van der Waals surface area contributed by atoms with Crippen molar-refractivity contribution in [2.24, 2.45) is 5.92 Å². The minimum absolute atomic E-state index is 0.0471. The summed E-state index contributed by atoms with van der Waals surface area (Å²) in [6, 6.07) is 1.86. The number of allylic oxidation sites excluding steroid dienone is 1. The first kappa shape index (κ1) is 16.7. The molecule has 0 unspecified atom stereocenters. The molecule has 1 saturated heterocycles. The molecule has 0 aliphatic carbocycles. The van der Waals surface area contributed by atoms with Crippen molar-refractivity contribution in [2.75, 3.05) is 6.61 Å². The van der Waals surface area contributed by atoms with Crippen molar-refractivity contribution >= 4 is 35.4 Å². The molecule has 0 bridgehead atoms. The number of aliphatic hydroxyl groups is 1. The zero-order chi connectivity index (χ0) is 16.3. The normalized spacial score (nSPS) is 24.8. The van der Waals surface area contributed by atoms with Crippen LogP contribution in [0.25, 0.3) is 0 Å². The molecule has 2 aliphatic rings. The Labute approximate surface area is 136 Å². The smallest absolute Gasteiger partial charge is 0.357 e. The van der Waals surface area contributed by atoms with Gasteiger partial charge in [0.1, 0.15) is 12.0 Å². The Morgan fingerprint density at radius 1 is 1.73 bits per heavy atom. The van der Waals surface area contributed by atoms with E-state index in [1.165, 1.54) is 46.0 Å². The number of hydrogen-bond acceptors (Lipinski definition) is 7. The van der Waals surface area contributed by atoms with Crippen LogP contribution in [0, 0.1) is 17.2 Å². The van der Waals surface area contributed by atoms with Crippen LogP contribution in [0.5, 0.6) is 0 Å². The number of aliphatic hydroxyl groups excluding tert-OH is 1. The lowest BCUT2D eigenvalue weighted by molar-refractivity contribution is -0.157. The fourth-order valence-corrected chi connectivity index (χ4v) is 4.70. The number of esters is 1. The summed E-state index contributed by atoms with van der Waals surface area (Å²) < 4.78 is 5.61. The highest BCUT2D eigenvalue weighted by Gasteiger charge is 2.57. The second-order valence-electron chi connectivity index (χ2n) is 4.56. The molecule has 3 atom stereocenters. The monoisotopic (exact) mass is 338 g/mol. The van der Waals surface area contributed by atoms with Crippen molar-refractivity contribution in [2.45, 2.75) is 18.4 Å². The van der Waals surface area contributed by atoms with E-state index in [0.29, 0.717) is 4.24 Å². The number of thioether (sulfide) groups is 2. The summed E-state index contributed by atoms with van der Waals surface area (Å²) >= 11 is 2.50. The van der Waals surface area contributed by atoms with Gasteiger partial charge < -0.3 is 9.84 Å². The molecule has 0 aromatic rings. The van der Waals surface area contributed by atoms with Gasteiger partial charge in [-0.2, -0.15) is 5.26 Å². The third-order valence-corrected chi connectivity index (χ3v) is 5.52. The van der Waals surface area contributed by atoms with Crippen LogP contribution in [0.15, 0.2) is 34.1 Å². The van der Waals surface area contributed by atoms with Gasteiger partial charge in [-0.15, -0.1) is 0 Å². The van der Waals surface area contributed by atoms with E-state index in [0.717, 1.165) is 0 Å². The van der Waals surface area contributed by atoms with E-state index in [2.05, 4.69) is 6.58 Å². The van der Waals surface area contributed by atoms with Crippen LogP contribution in [0.3, 0.4) is 0 Å². The molecule has 0 saturated carbocycles. The van der Waals surface area contributed by atoms with Gasteiger partial charge >= 0.3 is 5.97 Å². The molecule has 1 N–H and O–H groups in total. The van der Waals surface area contributed by atoms with Crippen LogP contribution in [-0.4, -0.2) is 40.0 Å². The quantitative estimate of drug-likeness (QED) is 0.340. The van der Waals surface area contributed by atoms with Gasteiger partial charge in [0.2, 0.25) is 5.91 Å². The summed E-state index contributed by atoms with van der Waals surface area (Å²) in [5.74, 6) is -1.44. The average molecular weight is 338 g/mol. The lowest BCUT2D eigenvalue weighted by atomic mass is 9.92. The molecule has 2 rings (SSSR count). The van der Waals surface area contributed by atoms with E-state index in [4.69, 9.17) is 10.00 Å². The van der Waals surface area contributed by atoms with Crippen molar-refractivity contribution in [3.05, 3.63) is 34.1 Å². The summed E-state index contributed by atoms with van der Waals surface area (Å²) in [7, 11) is 0. The predicted octanol–water partition coefficient (Wildman–Crippen LogP) is 1.57. The molecule has 8 heteroatoms. The highest BCUT2D eigenvalue weighted by atomic mass is 32.2. The Hall–Kier alpha value is -1.69. The van der Waals surface area contributed by atoms with Gasteiger partial charge in [0.25, 0.3) is 0 Å². The van der Waals surface area contributed by atoms with Crippen LogP contribution in [0.2, 0.25) is 0 Å². The Kier molecular flexibility index (Phi) is 5.34. The molecule has 0 aromatic heterocycles. The maximum atomic E-state index is 12.2. The SMILES string of the molecule is C=CCOC(=O)C1=C(SC=CC#N)S[C@@H]2[C@@H]([C@@H](C)O)C(=O)N12. The van der Waals surface area contributed by atoms with Crippen molar-refractivity contribution in [3.8, 4) is 6.07 Å². The first-order valence-corrected chi connectivity index (χ1v) is 8.20. The Morgan fingerprint density at radius 2 is 2.45 bits per heavy atom. The Bertz CT molecular complexity index is 606. The van der Waals surface area contributed by atoms with E-state index in [9.17, 15) is 14.7 Å². The third kappa shape index (κ3) is 2.92. The van der Waals surface area contributed by atoms with Crippen LogP contribution < -0.4 is 0 Å². The molecule has 1 fully saturated rings. The number of amides is 1. The Morgan fingerprint density at radius 3 is 3.05 bits per heavy atom. The maximum Gasteiger partial charge on any atom is 0.357 e. The maximum absolute atomic E-state index is 12.2. The van der Waals surface area contributed by atoms with Gasteiger partial charge in [-0.1, -0.05) is 36.2 Å². The number of fused-ring (bicyclic) bond motifs is 1. The van der Waals surface area contributed by atoms with E-state index in [1.54, 1.807) is 6.92 Å². The second-order valence-corrected chi connectivity index (χ2v) is 6.86. The van der Waals surface area contributed by atoms with Crippen LogP contribution in [0.4, 0.5) is 0 Å². The lowest BCUT2D eigenvalue weighted by Gasteiger charge is -2.43. The van der Waals surface area contributed by atoms with E-state index >= 15 is 0 Å². The van der Waals surface area contributed by atoms with Crippen molar-refractivity contribution < 1.29 is 19.4 Å². The molecule has 0 spiro atoms. The summed E-state index contributed by atoms with van der Waals surface area (Å²) in [4.78, 5) is 25.7. The molecule has 116 valence electrons. The molecule has 0 radical (unpaired) electrons. The van der Waals surface area contributed by atoms with E-state index in [-0.39, 0.29) is 23.6 Å². The topological polar surface area (TPSA) is 90.6 Å². The first-order valence-electron chi connectivity index (χ1n) is 6.44. The first-order chi connectivity index (χ1) is 10.5. The number of ether oxygens (including phenoxy) is 1. The van der Waals surface area contributed by atoms with Gasteiger partial charge in [-0.25, -0.2) is 4.79 Å². The Balaban J connectivity index is 2.24. The minimum atomic E-state index is -0.786. The zero-order valence-electron chi connectivity index (χ0n) is 11.8. The largest absolute Gasteiger partial charge is 0.457 e. The summed E-state index contributed by atoms with van der Waals surface area (Å²) in [6.45, 7) is 5.07. The highest BCUT2D eigenvalue weighted by Crippen LogP contribution is 2.54. The average Bonchev–Trinajstić information content (AvgIpc) is 2.79. The number of nitrogens with zero attached hydrogens (tertiary/aromatic N) is 2. The lowest BCUT2D eigenvalue weighted by Crippen LogP contribution is -2.60. The van der Waals surface area contributed by atoms with Gasteiger partial charge in [-0.05, 0) is 12.3 Å². The molecular formula is C14H14N2O4S2. The fraction of sp³-hybridized carbons (Fsp3) is 0.357. The van der Waals surface area contributed by atoms with E-state index < -0.39 is 18.0 Å². The van der Waals surface area contributed by atoms with Crippen molar-refractivity contribution in [3.63, 3.8) is 0 Å². The number of hydrogen-bond donors (Lipinski definition) is 1. The number of β-lactam (4-membered cyclic amide) rings is 1. The van der Waals surface area contributed by atoms with Crippen LogP contribution in [-0.2, 0) is 14.3 Å². The molecular weight excluding hydrogens is 324 g/mol. The molecule has 2 aliphatic heterocycles. The molecule has 1 amide bonds. The highest BCUT2D eigenvalue weighted by molar-refractivity contribution is 8.24. The molecule has 22 heavy (non-hydrogen) atoms. The van der Waals surface area contributed by atoms with Crippen LogP contribution in [0.1, 0.15) is 6.92 Å². The summed E-state index contributed by atoms with van der Waals surface area (Å²) in [6.07, 6.45) is 1.94. The van der Waals surface area contributed by atoms with Gasteiger partial charge in [0, 0.05) is 6.08 Å². The predicted molar refractivity (Wildman–Crippen MR) is 83.9 cm³/mol. The third-order valence-electron chi connectivity index (χ3n) is 3.11. The number of rotatable bonds is 6. The molecule has 6 nitrogen and oxygen atoms in total. The van der Waals surface area contributed by atoms with E-state index in [1.807, 2.05) is 6.07 Å². The standard InChI is InChI=1S/C14H14N2O4S2/c1-3-6-20-13(19)10-14(21-7-4-5-15)22-12-9(8(2)17)11(18)16(10)12/h3-4,7-9,12,17H,1,6H2,2H3/t8-,9+,12-/m1/s1. The molecule has 0 aromatic carbocycles. The minimum Gasteiger partial charge on any atom is -0.457 e. The van der Waals surface area contributed by atoms with Gasteiger partial charge in [0.05, 0.1) is 22.3 Å². The number of nitriles is 1. The van der Waals surface area contributed by atoms with Gasteiger partial charge in [0.15, 0.2) is 5.70 Å². The van der Waals surface area contributed by atoms with Crippen molar-refractivity contribution in [1.29, 1.82) is 5.26 Å². The van der Waals surface area contributed by atoms with Gasteiger partial charge in [-0.3, -0.25) is 9.69 Å². The van der Waals surface area contributed by atoms with Crippen LogP contribution >= 0.6 is 23.5 Å². The van der Waals surface area contributed by atoms with Crippen molar-refractivity contribution in [1.82, 2.24) is 4.90 Å². The number of carbonyl (C=O) groups is 2. The molecule has 2 heterocycles. The second kappa shape index (κ2) is 7.05.